The summed E-state index contributed by atoms with van der Waals surface area (Å²) in [5.41, 5.74) is 0. The van der Waals surface area contributed by atoms with E-state index in [-0.39, 0.29) is 28.1 Å². The Kier molecular flexibility index (Phi) is 20.6. The summed E-state index contributed by atoms with van der Waals surface area (Å²) in [6.07, 6.45) is 0. The zero-order valence-electron chi connectivity index (χ0n) is 1.67. The van der Waals surface area contributed by atoms with Gasteiger partial charge in [-0.15, -0.1) is 0 Å². The van der Waals surface area contributed by atoms with E-state index in [1.54, 1.807) is 0 Å². The van der Waals surface area contributed by atoms with Gasteiger partial charge >= 0.3 is 0 Å². The van der Waals surface area contributed by atoms with Crippen molar-refractivity contribution in [1.82, 2.24) is 0 Å². The molecule has 0 aliphatic heterocycles. The van der Waals surface area contributed by atoms with Crippen molar-refractivity contribution < 1.29 is 27.2 Å². The molecule has 0 aromatic rings. The van der Waals surface area contributed by atoms with Crippen molar-refractivity contribution in [2.75, 3.05) is 0 Å². The van der Waals surface area contributed by atoms with E-state index in [1.807, 2.05) is 0 Å². The van der Waals surface area contributed by atoms with Gasteiger partial charge in [0.2, 0.25) is 5.75 Å². The van der Waals surface area contributed by atoms with Crippen molar-refractivity contribution in [1.29, 1.82) is 0 Å². The summed E-state index contributed by atoms with van der Waals surface area (Å²) < 4.78 is 0. The van der Waals surface area contributed by atoms with Gasteiger partial charge in [-0.25, -0.2) is 0 Å². The molecule has 0 aliphatic rings. The van der Waals surface area contributed by atoms with Crippen molar-refractivity contribution in [3.8, 4) is 0 Å². The summed E-state index contributed by atoms with van der Waals surface area (Å²) in [7, 11) is 0. The molecule has 4 heavy (non-hydrogen) atoms. The smallest absolute Gasteiger partial charge is 0.208 e. The topological polar surface area (TPSA) is 17.1 Å². The Balaban J connectivity index is 0. The van der Waals surface area contributed by atoms with Crippen molar-refractivity contribution in [2.45, 2.75) is 0 Å². The molecule has 0 bridgehead atoms. The SMILES string of the molecule is O=CCl.[Au]. The average Bonchev–Trinajstić information content (AvgIpc) is 0.918. The predicted octanol–water partition coefficient (Wildman–Crippen LogP) is 0.413. The second-order valence-corrected chi connectivity index (χ2v) is 0.267. The molecule has 0 N–H and O–H groups in total. The van der Waals surface area contributed by atoms with Crippen LogP contribution in [0.4, 0.5) is 0 Å². The van der Waals surface area contributed by atoms with Crippen LogP contribution < -0.4 is 0 Å². The third kappa shape index (κ3) is 15.9. The van der Waals surface area contributed by atoms with Gasteiger partial charge in [-0.2, -0.15) is 0 Å². The molecule has 0 rings (SSSR count). The molecule has 1 radical (unpaired) electrons. The Morgan fingerprint density at radius 2 is 1.75 bits per heavy atom. The van der Waals surface area contributed by atoms with Gasteiger partial charge in [0.25, 0.3) is 0 Å². The first-order chi connectivity index (χ1) is 1.41. The first-order valence-electron chi connectivity index (χ1n) is 0.454. The standard InChI is InChI=1S/CHClO.Au/c2-1-3;/h1H;. The normalized spacial score (nSPS) is 3.25. The first kappa shape index (κ1) is 8.83. The molecule has 0 aromatic heterocycles. The van der Waals surface area contributed by atoms with Crippen LogP contribution in [0.2, 0.25) is 0 Å². The molecule has 0 aliphatic carbocycles. The van der Waals surface area contributed by atoms with Gasteiger partial charge in [-0.05, 0) is 11.6 Å². The maximum absolute atomic E-state index is 8.57. The van der Waals surface area contributed by atoms with Crippen LogP contribution in [0.1, 0.15) is 0 Å². The third-order valence-electron chi connectivity index (χ3n) is 0. The Bertz CT molecular complexity index is 15.5. The summed E-state index contributed by atoms with van der Waals surface area (Å²) >= 11 is 4.32. The van der Waals surface area contributed by atoms with Crippen LogP contribution in [-0.4, -0.2) is 5.75 Å². The zero-order valence-corrected chi connectivity index (χ0v) is 4.59. The first-order valence-corrected chi connectivity index (χ1v) is 0.890. The van der Waals surface area contributed by atoms with E-state index < -0.39 is 0 Å². The average molecular weight is 261 g/mol. The summed E-state index contributed by atoms with van der Waals surface area (Å²) in [6, 6.07) is 0. The quantitative estimate of drug-likeness (QED) is 0.351. The van der Waals surface area contributed by atoms with E-state index in [0.29, 0.717) is 0 Å². The van der Waals surface area contributed by atoms with Gasteiger partial charge in [-0.1, -0.05) is 0 Å². The molecule has 0 atom stereocenters. The zero-order chi connectivity index (χ0) is 2.71. The molecule has 0 saturated carbocycles. The minimum absolute atomic E-state index is 0. The molecular formula is CHAuClO. The van der Waals surface area contributed by atoms with Gasteiger partial charge in [0.15, 0.2) is 0 Å². The minimum Gasteiger partial charge on any atom is -0.285 e. The number of halogens is 1. The van der Waals surface area contributed by atoms with Crippen LogP contribution in [-0.2, 0) is 27.2 Å². The third-order valence-corrected chi connectivity index (χ3v) is 0. The molecule has 1 nitrogen and oxygen atoms in total. The Labute approximate surface area is 44.8 Å². The fourth-order valence-electron chi connectivity index (χ4n) is 0. The Morgan fingerprint density at radius 3 is 1.75 bits per heavy atom. The number of rotatable bonds is 0. The summed E-state index contributed by atoms with van der Waals surface area (Å²) in [6.45, 7) is 0. The molecule has 0 saturated heterocycles. The number of carbonyl (C=O) groups is 1. The van der Waals surface area contributed by atoms with E-state index >= 15 is 0 Å². The largest absolute Gasteiger partial charge is 0.285 e. The fraction of sp³-hybridized carbons (Fsp3) is 0. The monoisotopic (exact) mass is 261 g/mol. The second-order valence-electron chi connectivity index (χ2n) is 0.0891. The maximum atomic E-state index is 8.57. The van der Waals surface area contributed by atoms with E-state index in [9.17, 15) is 0 Å². The number of hydrogen-bond acceptors (Lipinski definition) is 1. The van der Waals surface area contributed by atoms with Crippen molar-refractivity contribution >= 4 is 17.3 Å². The van der Waals surface area contributed by atoms with E-state index in [0.717, 1.165) is 0 Å². The number of hydrogen-bond donors (Lipinski definition) is 0. The van der Waals surface area contributed by atoms with Crippen LogP contribution in [0.5, 0.6) is 0 Å². The van der Waals surface area contributed by atoms with E-state index in [1.165, 1.54) is 0 Å². The van der Waals surface area contributed by atoms with Crippen LogP contribution in [0, 0.1) is 0 Å². The summed E-state index contributed by atoms with van der Waals surface area (Å²) in [4.78, 5) is 8.57. The van der Waals surface area contributed by atoms with Gasteiger partial charge in [0.05, 0.1) is 0 Å². The van der Waals surface area contributed by atoms with E-state index in [4.69, 9.17) is 4.79 Å². The van der Waals surface area contributed by atoms with Crippen molar-refractivity contribution in [3.05, 3.63) is 0 Å². The molecule has 0 unspecified atom stereocenters. The summed E-state index contributed by atoms with van der Waals surface area (Å²) in [5.74, 6) is 0.222. The van der Waals surface area contributed by atoms with Gasteiger partial charge < -0.3 is 0 Å². The van der Waals surface area contributed by atoms with Crippen LogP contribution in [0.25, 0.3) is 0 Å². The molecule has 0 heterocycles. The second kappa shape index (κ2) is 9.33. The van der Waals surface area contributed by atoms with Crippen molar-refractivity contribution in [2.24, 2.45) is 0 Å². The van der Waals surface area contributed by atoms with Crippen LogP contribution in [0.15, 0.2) is 0 Å². The molecule has 0 amide bonds. The summed E-state index contributed by atoms with van der Waals surface area (Å²) in [5, 5.41) is 0. The Morgan fingerprint density at radius 1 is 1.75 bits per heavy atom. The molecule has 29 valence electrons. The predicted molar refractivity (Wildman–Crippen MR) is 12.6 cm³/mol. The molecule has 3 heteroatoms. The molecular weight excluding hydrogens is 260 g/mol. The maximum Gasteiger partial charge on any atom is 0.208 e. The van der Waals surface area contributed by atoms with Crippen LogP contribution in [0.3, 0.4) is 0 Å². The molecule has 0 spiro atoms. The van der Waals surface area contributed by atoms with Crippen LogP contribution >= 0.6 is 11.6 Å². The fourth-order valence-corrected chi connectivity index (χ4v) is 0. The van der Waals surface area contributed by atoms with Gasteiger partial charge in [-0.3, -0.25) is 4.79 Å². The number of carbonyl (C=O) groups excluding carboxylic acids is 1. The Hall–Kier alpha value is 0.700. The van der Waals surface area contributed by atoms with E-state index in [2.05, 4.69) is 11.6 Å². The minimum atomic E-state index is 0. The van der Waals surface area contributed by atoms with Gasteiger partial charge in [0, 0.05) is 22.4 Å². The molecule has 0 fully saturated rings. The van der Waals surface area contributed by atoms with Gasteiger partial charge in [0.1, 0.15) is 0 Å². The van der Waals surface area contributed by atoms with Crippen molar-refractivity contribution in [3.63, 3.8) is 0 Å². The molecule has 0 aromatic carbocycles.